The van der Waals surface area contributed by atoms with Crippen LogP contribution in [0.1, 0.15) is 22.3 Å². The fourth-order valence-electron chi connectivity index (χ4n) is 6.85. The van der Waals surface area contributed by atoms with Crippen molar-refractivity contribution < 1.29 is 4.21 Å². The second kappa shape index (κ2) is 5.19. The van der Waals surface area contributed by atoms with Gasteiger partial charge in [0.1, 0.15) is 0 Å². The third kappa shape index (κ3) is 1.44. The monoisotopic (exact) mass is 404 g/mol. The van der Waals surface area contributed by atoms with E-state index in [0.717, 1.165) is 0 Å². The van der Waals surface area contributed by atoms with Gasteiger partial charge in [-0.25, -0.2) is 0 Å². The minimum atomic E-state index is -1.21. The van der Waals surface area contributed by atoms with E-state index in [0.29, 0.717) is 0 Å². The molecule has 144 valence electrons. The van der Waals surface area contributed by atoms with Crippen LogP contribution < -0.4 is 0 Å². The Kier molecular flexibility index (Phi) is 2.91. The number of fused-ring (bicyclic) bond motifs is 2. The summed E-state index contributed by atoms with van der Waals surface area (Å²) >= 11 is 0. The molecule has 0 N–H and O–H groups in total. The first-order valence-electron chi connectivity index (χ1n) is 10.5. The maximum absolute atomic E-state index is 14.7. The summed E-state index contributed by atoms with van der Waals surface area (Å²) in [5.74, 6) is 0. The summed E-state index contributed by atoms with van der Waals surface area (Å²) in [6.45, 7) is 0. The molecular weight excluding hydrogens is 384 g/mol. The molecule has 1 heterocycles. The maximum Gasteiger partial charge on any atom is 0.0980 e. The van der Waals surface area contributed by atoms with Crippen LogP contribution in [0.3, 0.4) is 0 Å². The van der Waals surface area contributed by atoms with Gasteiger partial charge in [0.25, 0.3) is 0 Å². The first-order valence-corrected chi connectivity index (χ1v) is 11.6. The minimum Gasteiger partial charge on any atom is -0.257 e. The van der Waals surface area contributed by atoms with Crippen LogP contribution in [0.2, 0.25) is 0 Å². The van der Waals surface area contributed by atoms with Gasteiger partial charge in [0.15, 0.2) is 0 Å². The topological polar surface area (TPSA) is 17.1 Å². The highest BCUT2D eigenvalue weighted by Gasteiger charge is 2.80. The van der Waals surface area contributed by atoms with Crippen LogP contribution in [-0.2, 0) is 21.6 Å². The van der Waals surface area contributed by atoms with Gasteiger partial charge < -0.3 is 0 Å². The van der Waals surface area contributed by atoms with Crippen molar-refractivity contribution in [2.45, 2.75) is 20.3 Å². The Labute approximate surface area is 179 Å². The maximum atomic E-state index is 14.7. The first kappa shape index (κ1) is 16.8. The molecule has 4 aliphatic carbocycles. The number of hydrogen-bond donors (Lipinski definition) is 0. The summed E-state index contributed by atoms with van der Waals surface area (Å²) in [6, 6.07) is 17.3. The van der Waals surface area contributed by atoms with Gasteiger partial charge in [-0.15, -0.1) is 0 Å². The molecule has 4 atom stereocenters. The molecule has 1 nitrogen and oxygen atoms in total. The van der Waals surface area contributed by atoms with E-state index in [-0.39, 0.29) is 0 Å². The Morgan fingerprint density at radius 3 is 1.47 bits per heavy atom. The predicted octanol–water partition coefficient (Wildman–Crippen LogP) is 5.41. The van der Waals surface area contributed by atoms with Crippen molar-refractivity contribution >= 4 is 23.0 Å². The van der Waals surface area contributed by atoms with Gasteiger partial charge in [-0.1, -0.05) is 121 Å². The molecule has 30 heavy (non-hydrogen) atoms. The van der Waals surface area contributed by atoms with Gasteiger partial charge in [-0.3, -0.25) is 4.21 Å². The van der Waals surface area contributed by atoms with Gasteiger partial charge in [0, 0.05) is 0 Å². The van der Waals surface area contributed by atoms with E-state index >= 15 is 0 Å². The molecule has 1 saturated heterocycles. The average Bonchev–Trinajstić information content (AvgIpc) is 3.01. The number of allylic oxidation sites excluding steroid dienone is 6. The predicted molar refractivity (Wildman–Crippen MR) is 124 cm³/mol. The fourth-order valence-corrected chi connectivity index (χ4v) is 9.46. The Morgan fingerprint density at radius 2 is 0.967 bits per heavy atom. The molecule has 4 unspecified atom stereocenters. The molecule has 1 aliphatic heterocycles. The molecule has 7 rings (SSSR count). The molecule has 5 aliphatic rings. The lowest BCUT2D eigenvalue weighted by atomic mass is 9.43. The Morgan fingerprint density at radius 1 is 0.533 bits per heavy atom. The zero-order chi connectivity index (χ0) is 20.0. The minimum absolute atomic E-state index is 0.479. The van der Waals surface area contributed by atoms with Crippen molar-refractivity contribution in [2.75, 3.05) is 0 Å². The summed E-state index contributed by atoms with van der Waals surface area (Å²) in [6.07, 6.45) is 26.3. The zero-order valence-corrected chi connectivity index (χ0v) is 17.2. The van der Waals surface area contributed by atoms with Crippen LogP contribution in [0.15, 0.2) is 109 Å². The highest BCUT2D eigenvalue weighted by Crippen LogP contribution is 2.73. The molecule has 0 bridgehead atoms. The second-order valence-electron chi connectivity index (χ2n) is 8.75. The van der Waals surface area contributed by atoms with Crippen molar-refractivity contribution in [2.24, 2.45) is 0 Å². The highest BCUT2D eigenvalue weighted by atomic mass is 32.2. The molecular formula is C28H20OS. The summed E-state index contributed by atoms with van der Waals surface area (Å²) < 4.78 is 13.5. The van der Waals surface area contributed by atoms with Crippen molar-refractivity contribution in [1.82, 2.24) is 0 Å². The summed E-state index contributed by atoms with van der Waals surface area (Å²) in [4.78, 5) is 0. The SMILES string of the molecule is O=S1C23C=CC=CC2(c2ccccc2C=C3)C23C=CC=CC12C=Cc1ccccc13. The van der Waals surface area contributed by atoms with Crippen molar-refractivity contribution in [1.29, 1.82) is 0 Å². The standard InChI is InChI=1S/C28H20OS/c29-30-25-15-5-7-17-27(25,23-11-3-1-9-21(23)13-19-25)28-18-8-6-16-26(28,30)20-14-22-10-2-4-12-24(22)28/h1-20H. The van der Waals surface area contributed by atoms with Crippen LogP contribution in [-0.4, -0.2) is 13.7 Å². The molecule has 0 amide bonds. The van der Waals surface area contributed by atoms with E-state index in [9.17, 15) is 4.21 Å². The molecule has 0 aromatic heterocycles. The Balaban J connectivity index is 1.76. The summed E-state index contributed by atoms with van der Waals surface area (Å²) in [5.41, 5.74) is 3.98. The molecule has 0 saturated carbocycles. The van der Waals surface area contributed by atoms with Crippen LogP contribution in [0.25, 0.3) is 12.2 Å². The second-order valence-corrected chi connectivity index (χ2v) is 10.6. The van der Waals surface area contributed by atoms with E-state index in [4.69, 9.17) is 0 Å². The van der Waals surface area contributed by atoms with E-state index in [1.807, 2.05) is 0 Å². The summed E-state index contributed by atoms with van der Waals surface area (Å²) in [7, 11) is -1.21. The van der Waals surface area contributed by atoms with E-state index in [1.165, 1.54) is 22.3 Å². The third-order valence-corrected chi connectivity index (χ3v) is 10.3. The molecule has 0 radical (unpaired) electrons. The zero-order valence-electron chi connectivity index (χ0n) is 16.4. The number of benzene rings is 2. The molecule has 2 heteroatoms. The van der Waals surface area contributed by atoms with Crippen LogP contribution in [0.5, 0.6) is 0 Å². The number of hydrogen-bond acceptors (Lipinski definition) is 1. The first-order chi connectivity index (χ1) is 14.7. The number of rotatable bonds is 0. The normalized spacial score (nSPS) is 40.2. The lowest BCUT2D eigenvalue weighted by molar-refractivity contribution is 0.303. The lowest BCUT2D eigenvalue weighted by Crippen LogP contribution is -2.61. The van der Waals surface area contributed by atoms with E-state index in [1.54, 1.807) is 0 Å². The van der Waals surface area contributed by atoms with Crippen molar-refractivity contribution in [3.63, 3.8) is 0 Å². The van der Waals surface area contributed by atoms with Crippen LogP contribution in [0.4, 0.5) is 0 Å². The smallest absolute Gasteiger partial charge is 0.0980 e. The third-order valence-electron chi connectivity index (χ3n) is 7.86. The molecule has 2 aromatic carbocycles. The summed E-state index contributed by atoms with van der Waals surface area (Å²) in [5, 5.41) is 0. The van der Waals surface area contributed by atoms with Gasteiger partial charge in [0.05, 0.1) is 31.1 Å². The van der Waals surface area contributed by atoms with Crippen molar-refractivity contribution in [3.05, 3.63) is 132 Å². The lowest BCUT2D eigenvalue weighted by Gasteiger charge is -2.56. The van der Waals surface area contributed by atoms with Gasteiger partial charge in [0.2, 0.25) is 0 Å². The van der Waals surface area contributed by atoms with Crippen LogP contribution >= 0.6 is 0 Å². The largest absolute Gasteiger partial charge is 0.257 e. The van der Waals surface area contributed by atoms with E-state index in [2.05, 4.69) is 121 Å². The van der Waals surface area contributed by atoms with Gasteiger partial charge in [-0.2, -0.15) is 0 Å². The van der Waals surface area contributed by atoms with Gasteiger partial charge >= 0.3 is 0 Å². The van der Waals surface area contributed by atoms with Crippen LogP contribution in [0, 0.1) is 0 Å². The quantitative estimate of drug-likeness (QED) is 0.574. The van der Waals surface area contributed by atoms with Crippen molar-refractivity contribution in [3.8, 4) is 0 Å². The average molecular weight is 405 g/mol. The Hall–Kier alpha value is -2.97. The molecule has 2 aromatic rings. The van der Waals surface area contributed by atoms with E-state index < -0.39 is 31.1 Å². The molecule has 0 spiro atoms. The molecule has 1 fully saturated rings. The highest BCUT2D eigenvalue weighted by molar-refractivity contribution is 7.89. The fraction of sp³-hybridized carbons (Fsp3) is 0.143. The Bertz CT molecular complexity index is 1240. The van der Waals surface area contributed by atoms with Gasteiger partial charge in [-0.05, 0) is 22.3 Å².